The van der Waals surface area contributed by atoms with Crippen molar-refractivity contribution < 1.29 is 19.2 Å². The van der Waals surface area contributed by atoms with Crippen molar-refractivity contribution in [3.8, 4) is 11.9 Å². The third-order valence-corrected chi connectivity index (χ3v) is 5.41. The first-order valence-electron chi connectivity index (χ1n) is 10.9. The first kappa shape index (κ1) is 25.5. The molecule has 1 N–H and O–H groups in total. The van der Waals surface area contributed by atoms with Crippen molar-refractivity contribution in [2.24, 2.45) is 5.10 Å². The van der Waals surface area contributed by atoms with E-state index in [1.165, 1.54) is 25.5 Å². The van der Waals surface area contributed by atoms with Crippen LogP contribution >= 0.6 is 0 Å². The summed E-state index contributed by atoms with van der Waals surface area (Å²) in [6.45, 7) is 4.80. The minimum absolute atomic E-state index is 0.0368. The van der Waals surface area contributed by atoms with Gasteiger partial charge in [-0.3, -0.25) is 14.9 Å². The van der Waals surface area contributed by atoms with Gasteiger partial charge < -0.3 is 19.3 Å². The SMILES string of the molecule is COCc1cc(C)nc(OCC(=O)N/N=C\c2cc([N+](=O)[O-])ccc2N2CCN(C)CC2)c1C#N. The van der Waals surface area contributed by atoms with Crippen LogP contribution in [0.1, 0.15) is 22.4 Å². The van der Waals surface area contributed by atoms with E-state index in [-0.39, 0.29) is 23.7 Å². The number of likely N-dealkylation sites (N-methyl/N-ethyl adjacent to an activating group) is 1. The molecule has 3 rings (SSSR count). The Morgan fingerprint density at radius 1 is 1.34 bits per heavy atom. The van der Waals surface area contributed by atoms with E-state index in [0.717, 1.165) is 31.9 Å². The largest absolute Gasteiger partial charge is 0.467 e. The second kappa shape index (κ2) is 11.9. The molecular formula is C23H27N7O5. The van der Waals surface area contributed by atoms with Crippen LogP contribution in [0.3, 0.4) is 0 Å². The molecule has 0 saturated carbocycles. The van der Waals surface area contributed by atoms with Gasteiger partial charge in [0.25, 0.3) is 11.6 Å². The number of piperazine rings is 1. The second-order valence-corrected chi connectivity index (χ2v) is 8.02. The molecule has 0 aliphatic carbocycles. The van der Waals surface area contributed by atoms with E-state index >= 15 is 0 Å². The number of aryl methyl sites for hydroxylation is 1. The normalized spacial score (nSPS) is 14.1. The van der Waals surface area contributed by atoms with Crippen molar-refractivity contribution >= 4 is 23.5 Å². The Morgan fingerprint density at radius 3 is 2.74 bits per heavy atom. The van der Waals surface area contributed by atoms with Gasteiger partial charge in [0.1, 0.15) is 11.6 Å². The molecule has 0 spiro atoms. The van der Waals surface area contributed by atoms with Gasteiger partial charge >= 0.3 is 0 Å². The number of methoxy groups -OCH3 is 1. The van der Waals surface area contributed by atoms with Gasteiger partial charge in [0, 0.05) is 67.9 Å². The van der Waals surface area contributed by atoms with Gasteiger partial charge in [0.2, 0.25) is 5.88 Å². The number of aromatic nitrogens is 1. The number of ether oxygens (including phenoxy) is 2. The van der Waals surface area contributed by atoms with Crippen LogP contribution in [0.4, 0.5) is 11.4 Å². The first-order chi connectivity index (χ1) is 16.8. The lowest BCUT2D eigenvalue weighted by Crippen LogP contribution is -2.44. The molecule has 35 heavy (non-hydrogen) atoms. The molecule has 1 fully saturated rings. The predicted octanol–water partition coefficient (Wildman–Crippen LogP) is 1.60. The fourth-order valence-corrected chi connectivity index (χ4v) is 3.64. The molecule has 0 bridgehead atoms. The molecule has 1 aromatic heterocycles. The Hall–Kier alpha value is -4.08. The van der Waals surface area contributed by atoms with Gasteiger partial charge in [-0.15, -0.1) is 0 Å². The van der Waals surface area contributed by atoms with Crippen LogP contribution in [-0.2, 0) is 16.1 Å². The average Bonchev–Trinajstić information content (AvgIpc) is 2.83. The highest BCUT2D eigenvalue weighted by atomic mass is 16.6. The number of hydrogen-bond acceptors (Lipinski definition) is 10. The number of hydrazone groups is 1. The molecule has 184 valence electrons. The second-order valence-electron chi connectivity index (χ2n) is 8.02. The van der Waals surface area contributed by atoms with Crippen LogP contribution in [0.5, 0.6) is 5.88 Å². The maximum Gasteiger partial charge on any atom is 0.278 e. The van der Waals surface area contributed by atoms with Gasteiger partial charge in [-0.1, -0.05) is 0 Å². The van der Waals surface area contributed by atoms with Crippen LogP contribution in [0, 0.1) is 28.4 Å². The number of nitrogens with zero attached hydrogens (tertiary/aromatic N) is 6. The van der Waals surface area contributed by atoms with Gasteiger partial charge in [-0.2, -0.15) is 10.4 Å². The molecule has 12 heteroatoms. The monoisotopic (exact) mass is 481 g/mol. The van der Waals surface area contributed by atoms with Crippen molar-refractivity contribution in [1.82, 2.24) is 15.3 Å². The predicted molar refractivity (Wildman–Crippen MR) is 128 cm³/mol. The highest BCUT2D eigenvalue weighted by Crippen LogP contribution is 2.25. The molecule has 2 heterocycles. The van der Waals surface area contributed by atoms with E-state index in [1.807, 2.05) is 13.1 Å². The average molecular weight is 482 g/mol. The van der Waals surface area contributed by atoms with E-state index in [2.05, 4.69) is 25.3 Å². The topological polar surface area (TPSA) is 146 Å². The summed E-state index contributed by atoms with van der Waals surface area (Å²) in [7, 11) is 3.55. The van der Waals surface area contributed by atoms with Gasteiger partial charge in [0.05, 0.1) is 17.7 Å². The fourth-order valence-electron chi connectivity index (χ4n) is 3.64. The van der Waals surface area contributed by atoms with Crippen molar-refractivity contribution in [3.05, 3.63) is 56.8 Å². The summed E-state index contributed by atoms with van der Waals surface area (Å²) < 4.78 is 10.6. The summed E-state index contributed by atoms with van der Waals surface area (Å²) in [6, 6.07) is 8.32. The van der Waals surface area contributed by atoms with Crippen molar-refractivity contribution in [2.75, 3.05) is 51.8 Å². The molecule has 0 radical (unpaired) electrons. The molecule has 12 nitrogen and oxygen atoms in total. The Balaban J connectivity index is 1.69. The Bertz CT molecular complexity index is 1150. The molecule has 2 aromatic rings. The number of hydrogen-bond donors (Lipinski definition) is 1. The minimum atomic E-state index is -0.576. The zero-order valence-corrected chi connectivity index (χ0v) is 19.9. The highest BCUT2D eigenvalue weighted by Gasteiger charge is 2.19. The quantitative estimate of drug-likeness (QED) is 0.320. The lowest BCUT2D eigenvalue weighted by atomic mass is 10.1. The number of rotatable bonds is 9. The molecule has 1 aliphatic heterocycles. The summed E-state index contributed by atoms with van der Waals surface area (Å²) in [4.78, 5) is 31.6. The Morgan fingerprint density at radius 2 is 2.09 bits per heavy atom. The van der Waals surface area contributed by atoms with Crippen molar-refractivity contribution in [1.29, 1.82) is 5.26 Å². The number of carbonyl (C=O) groups is 1. The van der Waals surface area contributed by atoms with Gasteiger partial charge in [0.15, 0.2) is 6.61 Å². The summed E-state index contributed by atoms with van der Waals surface area (Å²) in [5, 5.41) is 24.7. The van der Waals surface area contributed by atoms with Crippen LogP contribution < -0.4 is 15.1 Å². The van der Waals surface area contributed by atoms with E-state index in [0.29, 0.717) is 16.8 Å². The standard InChI is InChI=1S/C23H27N7O5/c1-16-10-18(14-34-3)20(12-24)23(26-16)35-15-22(31)27-25-13-17-11-19(30(32)33)4-5-21(17)29-8-6-28(2)7-9-29/h4-5,10-11,13H,6-9,14-15H2,1-3H3,(H,27,31)/b25-13-. The number of nitro groups is 1. The smallest absolute Gasteiger partial charge is 0.278 e. The number of non-ortho nitro benzene ring substituents is 1. The molecular weight excluding hydrogens is 454 g/mol. The highest BCUT2D eigenvalue weighted by molar-refractivity contribution is 5.90. The lowest BCUT2D eigenvalue weighted by molar-refractivity contribution is -0.384. The summed E-state index contributed by atoms with van der Waals surface area (Å²) in [6.07, 6.45) is 1.38. The first-order valence-corrected chi connectivity index (χ1v) is 10.9. The van der Waals surface area contributed by atoms with E-state index < -0.39 is 17.4 Å². The Kier molecular flexibility index (Phi) is 8.66. The van der Waals surface area contributed by atoms with Crippen molar-refractivity contribution in [3.63, 3.8) is 0 Å². The summed E-state index contributed by atoms with van der Waals surface area (Å²) >= 11 is 0. The molecule has 0 atom stereocenters. The maximum atomic E-state index is 12.3. The number of nitro benzene ring substituents is 1. The summed E-state index contributed by atoms with van der Waals surface area (Å²) in [5.41, 5.74) is 5.02. The molecule has 0 unspecified atom stereocenters. The zero-order valence-electron chi connectivity index (χ0n) is 19.9. The molecule has 1 aromatic carbocycles. The third-order valence-electron chi connectivity index (χ3n) is 5.41. The minimum Gasteiger partial charge on any atom is -0.467 e. The molecule has 1 saturated heterocycles. The number of nitrogens with one attached hydrogen (secondary N) is 1. The van der Waals surface area contributed by atoms with Crippen LogP contribution in [0.25, 0.3) is 0 Å². The van der Waals surface area contributed by atoms with Crippen LogP contribution in [-0.4, -0.2) is 73.9 Å². The van der Waals surface area contributed by atoms with Gasteiger partial charge in [-0.25, -0.2) is 10.4 Å². The third kappa shape index (κ3) is 6.72. The van der Waals surface area contributed by atoms with E-state index in [4.69, 9.17) is 9.47 Å². The lowest BCUT2D eigenvalue weighted by Gasteiger charge is -2.34. The number of pyridine rings is 1. The van der Waals surface area contributed by atoms with E-state index in [1.54, 1.807) is 19.1 Å². The number of amides is 1. The number of carbonyl (C=O) groups excluding carboxylic acids is 1. The number of benzene rings is 1. The van der Waals surface area contributed by atoms with E-state index in [9.17, 15) is 20.2 Å². The molecule has 1 aliphatic rings. The number of nitriles is 1. The Labute approximate surface area is 202 Å². The number of anilines is 1. The van der Waals surface area contributed by atoms with Crippen molar-refractivity contribution in [2.45, 2.75) is 13.5 Å². The van der Waals surface area contributed by atoms with Crippen LogP contribution in [0.15, 0.2) is 29.4 Å². The molecule has 1 amide bonds. The fraction of sp³-hybridized carbons (Fsp3) is 0.391. The maximum absolute atomic E-state index is 12.3. The van der Waals surface area contributed by atoms with Crippen LogP contribution in [0.2, 0.25) is 0 Å². The summed E-state index contributed by atoms with van der Waals surface area (Å²) in [5.74, 6) is -0.539. The van der Waals surface area contributed by atoms with Gasteiger partial charge in [-0.05, 0) is 26.1 Å². The zero-order chi connectivity index (χ0) is 25.4.